The predicted octanol–water partition coefficient (Wildman–Crippen LogP) is 2.98. The van der Waals surface area contributed by atoms with Crippen molar-refractivity contribution in [3.8, 4) is 11.4 Å². The third kappa shape index (κ3) is 2.24. The first-order chi connectivity index (χ1) is 7.42. The molecule has 0 aliphatic rings. The molecule has 0 saturated heterocycles. The predicted molar refractivity (Wildman–Crippen MR) is 58.3 cm³/mol. The molecule has 1 N–H and O–H groups in total. The molecule has 0 fully saturated rings. The molecular formula is C12H13FN2. The zero-order valence-corrected chi connectivity index (χ0v) is 8.41. The van der Waals surface area contributed by atoms with Crippen LogP contribution in [0.1, 0.15) is 12.0 Å². The number of benzene rings is 1. The molecule has 0 unspecified atom stereocenters. The highest BCUT2D eigenvalue weighted by Gasteiger charge is 2.05. The summed E-state index contributed by atoms with van der Waals surface area (Å²) < 4.78 is 12.1. The maximum Gasteiger partial charge on any atom is 0.137 e. The molecule has 0 aliphatic carbocycles. The van der Waals surface area contributed by atoms with E-state index >= 15 is 0 Å². The summed E-state index contributed by atoms with van der Waals surface area (Å²) in [6, 6.07) is 7.97. The lowest BCUT2D eigenvalue weighted by molar-refractivity contribution is 0.473. The molecule has 3 heteroatoms. The molecule has 1 aromatic carbocycles. The number of hydrogen-bond acceptors (Lipinski definition) is 1. The number of rotatable bonds is 4. The van der Waals surface area contributed by atoms with Crippen molar-refractivity contribution in [2.45, 2.75) is 12.8 Å². The molecule has 0 radical (unpaired) electrons. The zero-order chi connectivity index (χ0) is 10.5. The van der Waals surface area contributed by atoms with E-state index in [2.05, 4.69) is 9.97 Å². The molecular weight excluding hydrogens is 191 g/mol. The van der Waals surface area contributed by atoms with Gasteiger partial charge in [-0.2, -0.15) is 0 Å². The van der Waals surface area contributed by atoms with Gasteiger partial charge in [-0.15, -0.1) is 0 Å². The van der Waals surface area contributed by atoms with Gasteiger partial charge in [0.2, 0.25) is 0 Å². The van der Waals surface area contributed by atoms with Crippen molar-refractivity contribution in [1.29, 1.82) is 0 Å². The van der Waals surface area contributed by atoms with Gasteiger partial charge in [0.05, 0.1) is 6.67 Å². The van der Waals surface area contributed by atoms with Gasteiger partial charge < -0.3 is 4.98 Å². The van der Waals surface area contributed by atoms with E-state index in [4.69, 9.17) is 0 Å². The van der Waals surface area contributed by atoms with E-state index in [0.717, 1.165) is 23.4 Å². The molecule has 0 spiro atoms. The van der Waals surface area contributed by atoms with Gasteiger partial charge in [-0.1, -0.05) is 24.3 Å². The molecule has 1 heterocycles. The number of alkyl halides is 1. The molecule has 0 saturated carbocycles. The van der Waals surface area contributed by atoms with Crippen molar-refractivity contribution in [3.63, 3.8) is 0 Å². The number of hydrogen-bond donors (Lipinski definition) is 1. The van der Waals surface area contributed by atoms with E-state index in [9.17, 15) is 4.39 Å². The van der Waals surface area contributed by atoms with Crippen molar-refractivity contribution < 1.29 is 4.39 Å². The number of imidazole rings is 1. The fraction of sp³-hybridized carbons (Fsp3) is 0.250. The van der Waals surface area contributed by atoms with E-state index in [1.807, 2.05) is 24.3 Å². The highest BCUT2D eigenvalue weighted by Crippen LogP contribution is 2.20. The van der Waals surface area contributed by atoms with E-state index < -0.39 is 0 Å². The fourth-order valence-corrected chi connectivity index (χ4v) is 1.64. The molecule has 0 bridgehead atoms. The van der Waals surface area contributed by atoms with Gasteiger partial charge in [-0.05, 0) is 18.4 Å². The Hall–Kier alpha value is -1.64. The Kier molecular flexibility index (Phi) is 3.12. The molecule has 2 aromatic rings. The fourth-order valence-electron chi connectivity index (χ4n) is 1.64. The van der Waals surface area contributed by atoms with E-state index in [1.54, 1.807) is 12.4 Å². The standard InChI is InChI=1S/C12H13FN2/c13-7-3-5-10-4-1-2-6-11(10)12-14-8-9-15-12/h1-2,4,6,8-9H,3,5,7H2,(H,14,15). The number of H-pyrrole nitrogens is 1. The molecule has 2 nitrogen and oxygen atoms in total. The van der Waals surface area contributed by atoms with Gasteiger partial charge in [0.25, 0.3) is 0 Å². The van der Waals surface area contributed by atoms with Crippen LogP contribution in [0.15, 0.2) is 36.7 Å². The molecule has 0 amide bonds. The molecule has 78 valence electrons. The second-order valence-electron chi connectivity index (χ2n) is 3.39. The first-order valence-corrected chi connectivity index (χ1v) is 5.05. The maximum atomic E-state index is 12.1. The third-order valence-electron chi connectivity index (χ3n) is 2.35. The molecule has 0 atom stereocenters. The second-order valence-corrected chi connectivity index (χ2v) is 3.39. The molecule has 15 heavy (non-hydrogen) atoms. The van der Waals surface area contributed by atoms with Crippen LogP contribution in [-0.2, 0) is 6.42 Å². The zero-order valence-electron chi connectivity index (χ0n) is 8.41. The Bertz CT molecular complexity index is 409. The Morgan fingerprint density at radius 1 is 1.27 bits per heavy atom. The molecule has 1 aromatic heterocycles. The Balaban J connectivity index is 2.30. The number of halogens is 1. The van der Waals surface area contributed by atoms with Crippen LogP contribution in [-0.4, -0.2) is 16.6 Å². The van der Waals surface area contributed by atoms with Crippen LogP contribution < -0.4 is 0 Å². The number of aromatic amines is 1. The van der Waals surface area contributed by atoms with Crippen LogP contribution in [0, 0.1) is 0 Å². The maximum absolute atomic E-state index is 12.1. The van der Waals surface area contributed by atoms with Crippen LogP contribution in [0.3, 0.4) is 0 Å². The summed E-state index contributed by atoms with van der Waals surface area (Å²) in [5.41, 5.74) is 2.21. The summed E-state index contributed by atoms with van der Waals surface area (Å²) in [6.07, 6.45) is 4.84. The Labute approximate surface area is 88.2 Å². The number of aryl methyl sites for hydroxylation is 1. The first kappa shape index (κ1) is 9.90. The summed E-state index contributed by atoms with van der Waals surface area (Å²) in [5, 5.41) is 0. The van der Waals surface area contributed by atoms with Gasteiger partial charge in [0.15, 0.2) is 0 Å². The van der Waals surface area contributed by atoms with Crippen LogP contribution >= 0.6 is 0 Å². The van der Waals surface area contributed by atoms with E-state index in [0.29, 0.717) is 6.42 Å². The van der Waals surface area contributed by atoms with Crippen LogP contribution in [0.5, 0.6) is 0 Å². The quantitative estimate of drug-likeness (QED) is 0.814. The normalized spacial score (nSPS) is 10.5. The van der Waals surface area contributed by atoms with Crippen molar-refractivity contribution in [2.24, 2.45) is 0 Å². The summed E-state index contributed by atoms with van der Waals surface area (Å²) >= 11 is 0. The van der Waals surface area contributed by atoms with Crippen molar-refractivity contribution in [3.05, 3.63) is 42.2 Å². The average Bonchev–Trinajstić information content (AvgIpc) is 2.80. The lowest BCUT2D eigenvalue weighted by Crippen LogP contribution is -1.92. The summed E-state index contributed by atoms with van der Waals surface area (Å²) in [4.78, 5) is 7.27. The van der Waals surface area contributed by atoms with Crippen LogP contribution in [0.2, 0.25) is 0 Å². The molecule has 2 rings (SSSR count). The Morgan fingerprint density at radius 3 is 2.87 bits per heavy atom. The SMILES string of the molecule is FCCCc1ccccc1-c1ncc[nH]1. The minimum absolute atomic E-state index is 0.271. The summed E-state index contributed by atoms with van der Waals surface area (Å²) in [6.45, 7) is -0.271. The van der Waals surface area contributed by atoms with Crippen LogP contribution in [0.4, 0.5) is 4.39 Å². The van der Waals surface area contributed by atoms with Crippen molar-refractivity contribution in [1.82, 2.24) is 9.97 Å². The number of aromatic nitrogens is 2. The molecule has 0 aliphatic heterocycles. The van der Waals surface area contributed by atoms with E-state index in [-0.39, 0.29) is 6.67 Å². The Morgan fingerprint density at radius 2 is 2.13 bits per heavy atom. The lowest BCUT2D eigenvalue weighted by Gasteiger charge is -2.05. The summed E-state index contributed by atoms with van der Waals surface area (Å²) in [7, 11) is 0. The van der Waals surface area contributed by atoms with Gasteiger partial charge in [0, 0.05) is 18.0 Å². The summed E-state index contributed by atoms with van der Waals surface area (Å²) in [5.74, 6) is 0.851. The lowest BCUT2D eigenvalue weighted by atomic mass is 10.0. The second kappa shape index (κ2) is 4.73. The van der Waals surface area contributed by atoms with Crippen LogP contribution in [0.25, 0.3) is 11.4 Å². The minimum atomic E-state index is -0.271. The van der Waals surface area contributed by atoms with Gasteiger partial charge in [0.1, 0.15) is 5.82 Å². The van der Waals surface area contributed by atoms with E-state index in [1.165, 1.54) is 0 Å². The highest BCUT2D eigenvalue weighted by atomic mass is 19.1. The average molecular weight is 204 g/mol. The van der Waals surface area contributed by atoms with Gasteiger partial charge >= 0.3 is 0 Å². The number of nitrogens with one attached hydrogen (secondary N) is 1. The van der Waals surface area contributed by atoms with Gasteiger partial charge in [-0.25, -0.2) is 4.98 Å². The topological polar surface area (TPSA) is 28.7 Å². The number of nitrogens with zero attached hydrogens (tertiary/aromatic N) is 1. The van der Waals surface area contributed by atoms with Crippen molar-refractivity contribution >= 4 is 0 Å². The monoisotopic (exact) mass is 204 g/mol. The largest absolute Gasteiger partial charge is 0.345 e. The first-order valence-electron chi connectivity index (χ1n) is 5.05. The smallest absolute Gasteiger partial charge is 0.137 e. The van der Waals surface area contributed by atoms with Gasteiger partial charge in [-0.3, -0.25) is 4.39 Å². The van der Waals surface area contributed by atoms with Crippen molar-refractivity contribution in [2.75, 3.05) is 6.67 Å². The third-order valence-corrected chi connectivity index (χ3v) is 2.35. The minimum Gasteiger partial charge on any atom is -0.345 e. The highest BCUT2D eigenvalue weighted by molar-refractivity contribution is 5.59.